The molecule has 0 saturated carbocycles. The number of ether oxygens (including phenoxy) is 2. The molecule has 3 rings (SSSR count). The van der Waals surface area contributed by atoms with Crippen molar-refractivity contribution in [2.45, 2.75) is 25.8 Å². The molecule has 0 spiro atoms. The number of aliphatic carboxylic acids is 2. The van der Waals surface area contributed by atoms with Crippen LogP contribution < -0.4 is 9.47 Å². The van der Waals surface area contributed by atoms with E-state index < -0.39 is 11.9 Å². The van der Waals surface area contributed by atoms with E-state index in [2.05, 4.69) is 11.0 Å². The standard InChI is InChI=1S/C24H31ClN2O3.C2H2O4/c1-26(13-10-18-8-9-22(29-2)23(16-18)30-3)24(28)19-11-14-27(15-12-19)17-20-6-4-5-7-21(20)25;3-1(4)2(5)6/h4-9,16,19H,10-15,17H2,1-3H3;(H,3,4)(H,5,6). The zero-order chi connectivity index (χ0) is 26.7. The van der Waals surface area contributed by atoms with Crippen molar-refractivity contribution in [3.63, 3.8) is 0 Å². The van der Waals surface area contributed by atoms with E-state index in [1.807, 2.05) is 48.3 Å². The van der Waals surface area contributed by atoms with E-state index in [1.54, 1.807) is 14.2 Å². The van der Waals surface area contributed by atoms with Gasteiger partial charge in [0.05, 0.1) is 14.2 Å². The van der Waals surface area contributed by atoms with Crippen molar-refractivity contribution in [3.05, 3.63) is 58.6 Å². The summed E-state index contributed by atoms with van der Waals surface area (Å²) in [5.41, 5.74) is 2.28. The summed E-state index contributed by atoms with van der Waals surface area (Å²) in [5.74, 6) is -1.87. The fraction of sp³-hybridized carbons (Fsp3) is 0.423. The second-order valence-electron chi connectivity index (χ2n) is 8.45. The average molecular weight is 521 g/mol. The number of rotatable bonds is 8. The third-order valence-corrected chi connectivity index (χ3v) is 6.40. The molecule has 2 N–H and O–H groups in total. The largest absolute Gasteiger partial charge is 0.493 e. The number of amides is 1. The number of carboxylic acid groups (broad SMARTS) is 2. The molecule has 0 aliphatic carbocycles. The minimum atomic E-state index is -1.82. The molecular formula is C26H33ClN2O7. The van der Waals surface area contributed by atoms with Crippen molar-refractivity contribution in [1.29, 1.82) is 0 Å². The third-order valence-electron chi connectivity index (χ3n) is 6.03. The van der Waals surface area contributed by atoms with Crippen LogP contribution in [0.1, 0.15) is 24.0 Å². The van der Waals surface area contributed by atoms with Gasteiger partial charge < -0.3 is 24.6 Å². The summed E-state index contributed by atoms with van der Waals surface area (Å²) < 4.78 is 10.7. The number of benzene rings is 2. The van der Waals surface area contributed by atoms with E-state index in [1.165, 1.54) is 0 Å². The van der Waals surface area contributed by atoms with Gasteiger partial charge >= 0.3 is 11.9 Å². The van der Waals surface area contributed by atoms with Crippen LogP contribution in [0, 0.1) is 5.92 Å². The monoisotopic (exact) mass is 520 g/mol. The Balaban J connectivity index is 0.000000678. The number of methoxy groups -OCH3 is 2. The van der Waals surface area contributed by atoms with Crippen LogP contribution in [0.5, 0.6) is 11.5 Å². The minimum Gasteiger partial charge on any atom is -0.493 e. The molecule has 1 aliphatic rings. The van der Waals surface area contributed by atoms with Gasteiger partial charge in [0.25, 0.3) is 0 Å². The fourth-order valence-electron chi connectivity index (χ4n) is 3.96. The first kappa shape index (κ1) is 28.9. The molecule has 196 valence electrons. The Hall–Kier alpha value is -3.30. The van der Waals surface area contributed by atoms with Gasteiger partial charge in [0.2, 0.25) is 5.91 Å². The highest BCUT2D eigenvalue weighted by Gasteiger charge is 2.27. The lowest BCUT2D eigenvalue weighted by atomic mass is 9.95. The first-order valence-electron chi connectivity index (χ1n) is 11.5. The third kappa shape index (κ3) is 8.73. The predicted octanol–water partition coefficient (Wildman–Crippen LogP) is 3.43. The average Bonchev–Trinajstić information content (AvgIpc) is 2.88. The molecule has 1 aliphatic heterocycles. The normalized spacial score (nSPS) is 13.8. The summed E-state index contributed by atoms with van der Waals surface area (Å²) in [7, 11) is 5.16. The van der Waals surface area contributed by atoms with E-state index in [4.69, 9.17) is 40.9 Å². The number of hydrogen-bond donors (Lipinski definition) is 2. The molecule has 1 heterocycles. The fourth-order valence-corrected chi connectivity index (χ4v) is 4.16. The summed E-state index contributed by atoms with van der Waals surface area (Å²) in [4.78, 5) is 35.4. The molecule has 36 heavy (non-hydrogen) atoms. The van der Waals surface area contributed by atoms with Crippen LogP contribution in [0.2, 0.25) is 5.02 Å². The van der Waals surface area contributed by atoms with Crippen LogP contribution in [0.4, 0.5) is 0 Å². The van der Waals surface area contributed by atoms with Crippen molar-refractivity contribution < 1.29 is 34.1 Å². The number of nitrogens with zero attached hydrogens (tertiary/aromatic N) is 2. The summed E-state index contributed by atoms with van der Waals surface area (Å²) in [5, 5.41) is 15.6. The van der Waals surface area contributed by atoms with Crippen molar-refractivity contribution in [3.8, 4) is 11.5 Å². The lowest BCUT2D eigenvalue weighted by Gasteiger charge is -2.33. The smallest absolute Gasteiger partial charge is 0.414 e. The number of carboxylic acids is 2. The van der Waals surface area contributed by atoms with Crippen LogP contribution in [0.15, 0.2) is 42.5 Å². The first-order valence-corrected chi connectivity index (χ1v) is 11.9. The highest BCUT2D eigenvalue weighted by atomic mass is 35.5. The molecule has 0 unspecified atom stereocenters. The van der Waals surface area contributed by atoms with Gasteiger partial charge in [0.15, 0.2) is 11.5 Å². The number of carbonyl (C=O) groups excluding carboxylic acids is 1. The quantitative estimate of drug-likeness (QED) is 0.508. The zero-order valence-corrected chi connectivity index (χ0v) is 21.5. The number of piperidine rings is 1. The maximum atomic E-state index is 12.9. The summed E-state index contributed by atoms with van der Waals surface area (Å²) in [6.07, 6.45) is 2.57. The second-order valence-corrected chi connectivity index (χ2v) is 8.86. The highest BCUT2D eigenvalue weighted by molar-refractivity contribution is 6.31. The van der Waals surface area contributed by atoms with Gasteiger partial charge in [-0.15, -0.1) is 0 Å². The Labute approximate surface area is 216 Å². The Morgan fingerprint density at radius 3 is 2.17 bits per heavy atom. The lowest BCUT2D eigenvalue weighted by Crippen LogP contribution is -2.41. The van der Waals surface area contributed by atoms with E-state index in [0.29, 0.717) is 12.3 Å². The van der Waals surface area contributed by atoms with Crippen LogP contribution in [0.3, 0.4) is 0 Å². The van der Waals surface area contributed by atoms with E-state index >= 15 is 0 Å². The van der Waals surface area contributed by atoms with Gasteiger partial charge in [-0.25, -0.2) is 9.59 Å². The Morgan fingerprint density at radius 2 is 1.61 bits per heavy atom. The van der Waals surface area contributed by atoms with Crippen molar-refractivity contribution >= 4 is 29.4 Å². The van der Waals surface area contributed by atoms with Crippen LogP contribution >= 0.6 is 11.6 Å². The first-order chi connectivity index (χ1) is 17.2. The highest BCUT2D eigenvalue weighted by Crippen LogP contribution is 2.28. The van der Waals surface area contributed by atoms with Gasteiger partial charge in [-0.1, -0.05) is 35.9 Å². The maximum absolute atomic E-state index is 12.9. The number of hydrogen-bond acceptors (Lipinski definition) is 6. The molecule has 2 aromatic rings. The molecule has 10 heteroatoms. The SMILES string of the molecule is COc1ccc(CCN(C)C(=O)C2CCN(Cc3ccccc3Cl)CC2)cc1OC.O=C(O)C(=O)O. The van der Waals surface area contributed by atoms with Gasteiger partial charge in [-0.3, -0.25) is 9.69 Å². The molecule has 1 amide bonds. The van der Waals surface area contributed by atoms with Crippen LogP contribution in [0.25, 0.3) is 0 Å². The maximum Gasteiger partial charge on any atom is 0.414 e. The Bertz CT molecular complexity index is 1030. The minimum absolute atomic E-state index is 0.0999. The van der Waals surface area contributed by atoms with Gasteiger partial charge in [-0.2, -0.15) is 0 Å². The Morgan fingerprint density at radius 1 is 1.00 bits per heavy atom. The molecule has 0 aromatic heterocycles. The topological polar surface area (TPSA) is 117 Å². The van der Waals surface area contributed by atoms with E-state index in [0.717, 1.165) is 60.8 Å². The van der Waals surface area contributed by atoms with E-state index in [-0.39, 0.29) is 11.8 Å². The van der Waals surface area contributed by atoms with Crippen molar-refractivity contribution in [1.82, 2.24) is 9.80 Å². The van der Waals surface area contributed by atoms with Crippen LogP contribution in [-0.4, -0.2) is 78.8 Å². The van der Waals surface area contributed by atoms with Crippen molar-refractivity contribution in [2.75, 3.05) is 40.9 Å². The summed E-state index contributed by atoms with van der Waals surface area (Å²) in [6.45, 7) is 3.38. The van der Waals surface area contributed by atoms with Gasteiger partial charge in [0, 0.05) is 31.1 Å². The number of carbonyl (C=O) groups is 3. The Kier molecular flexibility index (Phi) is 11.5. The second kappa shape index (κ2) is 14.3. The molecule has 1 fully saturated rings. The molecule has 1 saturated heterocycles. The molecule has 2 aromatic carbocycles. The molecular weight excluding hydrogens is 488 g/mol. The summed E-state index contributed by atoms with van der Waals surface area (Å²) in [6, 6.07) is 13.9. The van der Waals surface area contributed by atoms with Crippen LogP contribution in [-0.2, 0) is 27.3 Å². The molecule has 0 radical (unpaired) electrons. The summed E-state index contributed by atoms with van der Waals surface area (Å²) >= 11 is 6.28. The number of likely N-dealkylation sites (tertiary alicyclic amines) is 1. The van der Waals surface area contributed by atoms with Crippen molar-refractivity contribution in [2.24, 2.45) is 5.92 Å². The molecule has 9 nitrogen and oxygen atoms in total. The molecule has 0 atom stereocenters. The van der Waals surface area contributed by atoms with Gasteiger partial charge in [0.1, 0.15) is 0 Å². The number of likely N-dealkylation sites (N-methyl/N-ethyl adjacent to an activating group) is 1. The predicted molar refractivity (Wildman–Crippen MR) is 136 cm³/mol. The molecule has 0 bridgehead atoms. The number of halogens is 1. The lowest BCUT2D eigenvalue weighted by molar-refractivity contribution is -0.159. The van der Waals surface area contributed by atoms with Gasteiger partial charge in [-0.05, 0) is 61.7 Å². The van der Waals surface area contributed by atoms with E-state index in [9.17, 15) is 4.79 Å². The zero-order valence-electron chi connectivity index (χ0n) is 20.8.